The fourth-order valence-corrected chi connectivity index (χ4v) is 2.39. The highest BCUT2D eigenvalue weighted by Gasteiger charge is 2.04. The van der Waals surface area contributed by atoms with Crippen molar-refractivity contribution in [1.29, 1.82) is 0 Å². The Labute approximate surface area is 112 Å². The fraction of sp³-hybridized carbons (Fsp3) is 0.625. The first kappa shape index (κ1) is 15.0. The van der Waals surface area contributed by atoms with Gasteiger partial charge in [-0.25, -0.2) is 0 Å². The standard InChI is InChI=1S/C16H27NO/c1-5-9-17-10-7-6-8-15-11-13(2)16(18-4)14(3)12-15/h11-12,17H,5-10H2,1-4H3. The van der Waals surface area contributed by atoms with E-state index in [1.165, 1.54) is 42.4 Å². The summed E-state index contributed by atoms with van der Waals surface area (Å²) in [5.74, 6) is 1.03. The maximum atomic E-state index is 5.39. The van der Waals surface area contributed by atoms with Crippen molar-refractivity contribution in [3.63, 3.8) is 0 Å². The molecule has 0 aliphatic heterocycles. The molecule has 0 atom stereocenters. The van der Waals surface area contributed by atoms with Crippen molar-refractivity contribution in [3.8, 4) is 5.75 Å². The van der Waals surface area contributed by atoms with E-state index in [4.69, 9.17) is 4.74 Å². The van der Waals surface area contributed by atoms with Gasteiger partial charge in [-0.2, -0.15) is 0 Å². The van der Waals surface area contributed by atoms with Crippen molar-refractivity contribution in [1.82, 2.24) is 5.32 Å². The normalized spacial score (nSPS) is 10.7. The van der Waals surface area contributed by atoms with Gasteiger partial charge in [0.05, 0.1) is 7.11 Å². The van der Waals surface area contributed by atoms with E-state index >= 15 is 0 Å². The molecule has 0 amide bonds. The zero-order valence-corrected chi connectivity index (χ0v) is 12.3. The molecular weight excluding hydrogens is 222 g/mol. The molecule has 0 bridgehead atoms. The quantitative estimate of drug-likeness (QED) is 0.710. The highest BCUT2D eigenvalue weighted by molar-refractivity contribution is 5.43. The molecule has 2 nitrogen and oxygen atoms in total. The van der Waals surface area contributed by atoms with Crippen molar-refractivity contribution >= 4 is 0 Å². The van der Waals surface area contributed by atoms with E-state index in [2.05, 4.69) is 38.2 Å². The Kier molecular flexibility index (Phi) is 6.81. The Morgan fingerprint density at radius 1 is 1.06 bits per heavy atom. The number of benzene rings is 1. The highest BCUT2D eigenvalue weighted by atomic mass is 16.5. The third-order valence-corrected chi connectivity index (χ3v) is 3.22. The topological polar surface area (TPSA) is 21.3 Å². The Morgan fingerprint density at radius 3 is 2.28 bits per heavy atom. The summed E-state index contributed by atoms with van der Waals surface area (Å²) in [5, 5.41) is 3.44. The van der Waals surface area contributed by atoms with Crippen LogP contribution in [-0.2, 0) is 6.42 Å². The lowest BCUT2D eigenvalue weighted by molar-refractivity contribution is 0.408. The predicted molar refractivity (Wildman–Crippen MR) is 78.6 cm³/mol. The van der Waals surface area contributed by atoms with E-state index in [1.807, 2.05) is 0 Å². The summed E-state index contributed by atoms with van der Waals surface area (Å²) in [5.41, 5.74) is 3.93. The van der Waals surface area contributed by atoms with E-state index in [-0.39, 0.29) is 0 Å². The van der Waals surface area contributed by atoms with Gasteiger partial charge < -0.3 is 10.1 Å². The average molecular weight is 249 g/mol. The minimum Gasteiger partial charge on any atom is -0.496 e. The van der Waals surface area contributed by atoms with Gasteiger partial charge in [-0.15, -0.1) is 0 Å². The summed E-state index contributed by atoms with van der Waals surface area (Å²) in [6.07, 6.45) is 4.89. The molecule has 0 saturated heterocycles. The molecule has 1 aromatic carbocycles. The zero-order valence-electron chi connectivity index (χ0n) is 12.3. The van der Waals surface area contributed by atoms with Crippen LogP contribution in [0.2, 0.25) is 0 Å². The molecule has 0 unspecified atom stereocenters. The van der Waals surface area contributed by atoms with Crippen LogP contribution >= 0.6 is 0 Å². The van der Waals surface area contributed by atoms with Crippen LogP contribution in [0.4, 0.5) is 0 Å². The number of aryl methyl sites for hydroxylation is 3. The third kappa shape index (κ3) is 4.69. The Bertz CT molecular complexity index is 337. The number of hydrogen-bond acceptors (Lipinski definition) is 2. The summed E-state index contributed by atoms with van der Waals surface area (Å²) >= 11 is 0. The first-order valence-electron chi connectivity index (χ1n) is 7.03. The monoisotopic (exact) mass is 249 g/mol. The van der Waals surface area contributed by atoms with Gasteiger partial charge in [0.2, 0.25) is 0 Å². The van der Waals surface area contributed by atoms with Crippen molar-refractivity contribution in [2.45, 2.75) is 46.5 Å². The number of unbranched alkanes of at least 4 members (excludes halogenated alkanes) is 1. The van der Waals surface area contributed by atoms with Gasteiger partial charge in [-0.05, 0) is 69.3 Å². The van der Waals surface area contributed by atoms with Gasteiger partial charge in [0.1, 0.15) is 5.75 Å². The van der Waals surface area contributed by atoms with Crippen molar-refractivity contribution in [2.24, 2.45) is 0 Å². The van der Waals surface area contributed by atoms with Crippen LogP contribution in [0.1, 0.15) is 42.9 Å². The van der Waals surface area contributed by atoms with Gasteiger partial charge in [0.15, 0.2) is 0 Å². The number of methoxy groups -OCH3 is 1. The lowest BCUT2D eigenvalue weighted by Gasteiger charge is -2.11. The maximum absolute atomic E-state index is 5.39. The summed E-state index contributed by atoms with van der Waals surface area (Å²) in [6.45, 7) is 8.73. The second-order valence-electron chi connectivity index (χ2n) is 4.97. The van der Waals surface area contributed by atoms with Crippen molar-refractivity contribution in [2.75, 3.05) is 20.2 Å². The van der Waals surface area contributed by atoms with Crippen LogP contribution in [0.25, 0.3) is 0 Å². The molecule has 0 spiro atoms. The second-order valence-corrected chi connectivity index (χ2v) is 4.97. The lowest BCUT2D eigenvalue weighted by atomic mass is 10.0. The van der Waals surface area contributed by atoms with Gasteiger partial charge in [-0.1, -0.05) is 19.1 Å². The fourth-order valence-electron chi connectivity index (χ4n) is 2.39. The molecular formula is C16H27NO. The van der Waals surface area contributed by atoms with E-state index in [1.54, 1.807) is 7.11 Å². The number of nitrogens with one attached hydrogen (secondary N) is 1. The summed E-state index contributed by atoms with van der Waals surface area (Å²) in [4.78, 5) is 0. The van der Waals surface area contributed by atoms with Gasteiger partial charge in [0.25, 0.3) is 0 Å². The summed E-state index contributed by atoms with van der Waals surface area (Å²) in [7, 11) is 1.74. The molecule has 0 saturated carbocycles. The molecule has 0 heterocycles. The van der Waals surface area contributed by atoms with Crippen LogP contribution in [-0.4, -0.2) is 20.2 Å². The lowest BCUT2D eigenvalue weighted by Crippen LogP contribution is -2.15. The molecule has 0 radical (unpaired) electrons. The van der Waals surface area contributed by atoms with E-state index < -0.39 is 0 Å². The Hall–Kier alpha value is -1.02. The van der Waals surface area contributed by atoms with Crippen molar-refractivity contribution in [3.05, 3.63) is 28.8 Å². The van der Waals surface area contributed by atoms with Crippen LogP contribution in [0, 0.1) is 13.8 Å². The van der Waals surface area contributed by atoms with Gasteiger partial charge >= 0.3 is 0 Å². The SMILES string of the molecule is CCCNCCCCc1cc(C)c(OC)c(C)c1. The number of rotatable bonds is 8. The van der Waals surface area contributed by atoms with E-state index in [9.17, 15) is 0 Å². The molecule has 102 valence electrons. The Morgan fingerprint density at radius 2 is 1.72 bits per heavy atom. The molecule has 18 heavy (non-hydrogen) atoms. The van der Waals surface area contributed by atoms with Crippen LogP contribution in [0.5, 0.6) is 5.75 Å². The van der Waals surface area contributed by atoms with Gasteiger partial charge in [0, 0.05) is 0 Å². The molecule has 1 aromatic rings. The third-order valence-electron chi connectivity index (χ3n) is 3.22. The molecule has 1 rings (SSSR count). The van der Waals surface area contributed by atoms with Crippen molar-refractivity contribution < 1.29 is 4.74 Å². The highest BCUT2D eigenvalue weighted by Crippen LogP contribution is 2.24. The van der Waals surface area contributed by atoms with Gasteiger partial charge in [-0.3, -0.25) is 0 Å². The zero-order chi connectivity index (χ0) is 13.4. The summed E-state index contributed by atoms with van der Waals surface area (Å²) in [6, 6.07) is 4.51. The molecule has 0 aromatic heterocycles. The molecule has 1 N–H and O–H groups in total. The minimum atomic E-state index is 1.03. The van der Waals surface area contributed by atoms with Crippen LogP contribution in [0.3, 0.4) is 0 Å². The number of ether oxygens (including phenoxy) is 1. The first-order chi connectivity index (χ1) is 8.69. The predicted octanol–water partition coefficient (Wildman–Crippen LogP) is 3.63. The molecule has 0 fully saturated rings. The van der Waals surface area contributed by atoms with Crippen LogP contribution in [0.15, 0.2) is 12.1 Å². The summed E-state index contributed by atoms with van der Waals surface area (Å²) < 4.78 is 5.39. The van der Waals surface area contributed by atoms with E-state index in [0.717, 1.165) is 18.8 Å². The number of hydrogen-bond donors (Lipinski definition) is 1. The van der Waals surface area contributed by atoms with E-state index in [0.29, 0.717) is 0 Å². The first-order valence-corrected chi connectivity index (χ1v) is 7.03. The molecule has 0 aliphatic rings. The molecule has 0 aliphatic carbocycles. The smallest absolute Gasteiger partial charge is 0.124 e. The average Bonchev–Trinajstić information content (AvgIpc) is 2.33. The van der Waals surface area contributed by atoms with Crippen LogP contribution < -0.4 is 10.1 Å². The second kappa shape index (κ2) is 8.15. The maximum Gasteiger partial charge on any atom is 0.124 e. The minimum absolute atomic E-state index is 1.03. The largest absolute Gasteiger partial charge is 0.496 e. The Balaban J connectivity index is 2.39. The molecule has 2 heteroatoms.